The molecular weight excluding hydrogens is 422 g/mol. The highest BCUT2D eigenvalue weighted by atomic mass is 79.9. The number of ether oxygens (including phenoxy) is 1. The van der Waals surface area contributed by atoms with Gasteiger partial charge in [-0.1, -0.05) is 11.6 Å². The number of hydrogen-bond acceptors (Lipinski definition) is 5. The Morgan fingerprint density at radius 2 is 2.25 bits per heavy atom. The normalized spacial score (nSPS) is 16.5. The van der Waals surface area contributed by atoms with E-state index in [1.165, 1.54) is 12.1 Å². The summed E-state index contributed by atoms with van der Waals surface area (Å²) in [6, 6.07) is 4.44. The van der Waals surface area contributed by atoms with E-state index in [9.17, 15) is 4.39 Å². The lowest BCUT2D eigenvalue weighted by Crippen LogP contribution is -2.19. The topological polar surface area (TPSA) is 59.1 Å². The van der Waals surface area contributed by atoms with Crippen LogP contribution in [0.25, 0.3) is 0 Å². The number of hydrogen-bond donors (Lipinski definition) is 2. The van der Waals surface area contributed by atoms with Gasteiger partial charge in [0.05, 0.1) is 15.6 Å². The Kier molecular flexibility index (Phi) is 7.03. The average molecular weight is 438 g/mol. The minimum absolute atomic E-state index is 0. The van der Waals surface area contributed by atoms with E-state index >= 15 is 0 Å². The van der Waals surface area contributed by atoms with E-state index in [0.717, 1.165) is 23.9 Å². The van der Waals surface area contributed by atoms with Crippen molar-refractivity contribution in [1.29, 1.82) is 0 Å². The Morgan fingerprint density at radius 1 is 1.42 bits per heavy atom. The largest absolute Gasteiger partial charge is 0.376 e. The fourth-order valence-corrected chi connectivity index (χ4v) is 2.72. The maximum atomic E-state index is 13.5. The van der Waals surface area contributed by atoms with Gasteiger partial charge in [0.15, 0.2) is 0 Å². The smallest absolute Gasteiger partial charge is 0.229 e. The summed E-state index contributed by atoms with van der Waals surface area (Å²) in [7, 11) is 0. The number of rotatable bonds is 5. The SMILES string of the molecule is Cl.Fc1cc(Nc2ncc(Br)c(NCC3CCCO3)n2)ccc1Cl. The summed E-state index contributed by atoms with van der Waals surface area (Å²) in [4.78, 5) is 8.56. The Hall–Kier alpha value is -1.15. The van der Waals surface area contributed by atoms with Gasteiger partial charge in [0.25, 0.3) is 0 Å². The molecule has 1 unspecified atom stereocenters. The fraction of sp³-hybridized carbons (Fsp3) is 0.333. The van der Waals surface area contributed by atoms with Crippen molar-refractivity contribution in [3.05, 3.63) is 39.7 Å². The lowest BCUT2D eigenvalue weighted by atomic mass is 10.2. The number of anilines is 3. The molecule has 1 aromatic carbocycles. The molecule has 1 fully saturated rings. The molecule has 1 aromatic heterocycles. The fourth-order valence-electron chi connectivity index (χ4n) is 2.27. The van der Waals surface area contributed by atoms with Crippen LogP contribution in [0.3, 0.4) is 0 Å². The van der Waals surface area contributed by atoms with E-state index in [2.05, 4.69) is 36.5 Å². The zero-order valence-corrected chi connectivity index (χ0v) is 15.7. The van der Waals surface area contributed by atoms with Gasteiger partial charge in [-0.25, -0.2) is 9.37 Å². The van der Waals surface area contributed by atoms with Gasteiger partial charge < -0.3 is 15.4 Å². The van der Waals surface area contributed by atoms with Crippen LogP contribution in [0, 0.1) is 5.82 Å². The molecule has 0 aliphatic carbocycles. The minimum atomic E-state index is -0.495. The second kappa shape index (κ2) is 8.80. The van der Waals surface area contributed by atoms with Crippen LogP contribution in [0.1, 0.15) is 12.8 Å². The predicted octanol–water partition coefficient (Wildman–Crippen LogP) is 4.79. The molecule has 1 aliphatic rings. The third-order valence-electron chi connectivity index (χ3n) is 3.44. The number of benzene rings is 1. The molecule has 1 saturated heterocycles. The van der Waals surface area contributed by atoms with Crippen molar-refractivity contribution >= 4 is 57.4 Å². The van der Waals surface area contributed by atoms with E-state index in [1.807, 2.05) is 0 Å². The second-order valence-electron chi connectivity index (χ2n) is 5.16. The van der Waals surface area contributed by atoms with E-state index in [0.29, 0.717) is 24.0 Å². The van der Waals surface area contributed by atoms with Gasteiger partial charge in [0, 0.05) is 25.0 Å². The Labute approximate surface area is 158 Å². The first-order chi connectivity index (χ1) is 11.1. The van der Waals surface area contributed by atoms with Crippen LogP contribution < -0.4 is 10.6 Å². The monoisotopic (exact) mass is 436 g/mol. The first kappa shape index (κ1) is 19.2. The molecule has 0 saturated carbocycles. The summed E-state index contributed by atoms with van der Waals surface area (Å²) in [6.45, 7) is 1.50. The molecule has 0 bridgehead atoms. The molecule has 130 valence electrons. The van der Waals surface area contributed by atoms with E-state index in [1.54, 1.807) is 12.3 Å². The highest BCUT2D eigenvalue weighted by Gasteiger charge is 2.16. The van der Waals surface area contributed by atoms with Crippen molar-refractivity contribution in [2.75, 3.05) is 23.8 Å². The van der Waals surface area contributed by atoms with E-state index < -0.39 is 5.82 Å². The molecule has 2 aromatic rings. The summed E-state index contributed by atoms with van der Waals surface area (Å²) < 4.78 is 19.8. The van der Waals surface area contributed by atoms with Crippen LogP contribution >= 0.6 is 39.9 Å². The molecule has 5 nitrogen and oxygen atoms in total. The lowest BCUT2D eigenvalue weighted by molar-refractivity contribution is 0.120. The molecule has 0 spiro atoms. The number of nitrogens with zero attached hydrogens (tertiary/aromatic N) is 2. The second-order valence-corrected chi connectivity index (χ2v) is 6.42. The Morgan fingerprint density at radius 3 is 2.96 bits per heavy atom. The van der Waals surface area contributed by atoms with Gasteiger partial charge in [-0.15, -0.1) is 12.4 Å². The van der Waals surface area contributed by atoms with Gasteiger partial charge in [0.1, 0.15) is 11.6 Å². The van der Waals surface area contributed by atoms with Crippen molar-refractivity contribution in [2.45, 2.75) is 18.9 Å². The van der Waals surface area contributed by atoms with E-state index in [-0.39, 0.29) is 23.5 Å². The maximum absolute atomic E-state index is 13.5. The average Bonchev–Trinajstić information content (AvgIpc) is 3.05. The quantitative estimate of drug-likeness (QED) is 0.704. The molecular formula is C15H16BrCl2FN4O. The summed E-state index contributed by atoms with van der Waals surface area (Å²) in [5.41, 5.74) is 0.527. The highest BCUT2D eigenvalue weighted by molar-refractivity contribution is 9.10. The highest BCUT2D eigenvalue weighted by Crippen LogP contribution is 2.24. The number of halogens is 4. The van der Waals surface area contributed by atoms with Gasteiger partial charge in [-0.05, 0) is 47.0 Å². The molecule has 1 atom stereocenters. The number of nitrogens with one attached hydrogen (secondary N) is 2. The van der Waals surface area contributed by atoms with Gasteiger partial charge >= 0.3 is 0 Å². The molecule has 0 radical (unpaired) electrons. The Balaban J connectivity index is 0.00000208. The minimum Gasteiger partial charge on any atom is -0.376 e. The van der Waals surface area contributed by atoms with Gasteiger partial charge in [0.2, 0.25) is 5.95 Å². The van der Waals surface area contributed by atoms with Crippen LogP contribution in [0.5, 0.6) is 0 Å². The Bertz CT molecular complexity index is 701. The van der Waals surface area contributed by atoms with Crippen LogP contribution in [-0.2, 0) is 4.74 Å². The summed E-state index contributed by atoms with van der Waals surface area (Å²) in [5, 5.41) is 6.27. The van der Waals surface area contributed by atoms with Crippen LogP contribution in [0.4, 0.5) is 21.8 Å². The van der Waals surface area contributed by atoms with Crippen LogP contribution in [-0.4, -0.2) is 29.2 Å². The maximum Gasteiger partial charge on any atom is 0.229 e. The molecule has 2 N–H and O–H groups in total. The molecule has 24 heavy (non-hydrogen) atoms. The summed E-state index contributed by atoms with van der Waals surface area (Å²) in [5.74, 6) is 0.530. The molecule has 2 heterocycles. The third kappa shape index (κ3) is 4.92. The summed E-state index contributed by atoms with van der Waals surface area (Å²) in [6.07, 6.45) is 3.98. The standard InChI is InChI=1S/C15H15BrClFN4O.ClH/c16-11-8-20-15(21-9-3-4-12(17)13(18)6-9)22-14(11)19-7-10-2-1-5-23-10;/h3-4,6,8,10H,1-2,5,7H2,(H2,19,20,21,22);1H. The third-order valence-corrected chi connectivity index (χ3v) is 4.33. The predicted molar refractivity (Wildman–Crippen MR) is 99.1 cm³/mol. The number of aromatic nitrogens is 2. The molecule has 1 aliphatic heterocycles. The van der Waals surface area contributed by atoms with Crippen molar-refractivity contribution < 1.29 is 9.13 Å². The van der Waals surface area contributed by atoms with Gasteiger partial charge in [-0.2, -0.15) is 4.98 Å². The van der Waals surface area contributed by atoms with Crippen molar-refractivity contribution in [3.63, 3.8) is 0 Å². The zero-order chi connectivity index (χ0) is 16.2. The van der Waals surface area contributed by atoms with Gasteiger partial charge in [-0.3, -0.25) is 0 Å². The molecule has 9 heteroatoms. The van der Waals surface area contributed by atoms with Crippen LogP contribution in [0.15, 0.2) is 28.9 Å². The van der Waals surface area contributed by atoms with Crippen LogP contribution in [0.2, 0.25) is 5.02 Å². The summed E-state index contributed by atoms with van der Waals surface area (Å²) >= 11 is 9.08. The lowest BCUT2D eigenvalue weighted by Gasteiger charge is -2.13. The molecule has 0 amide bonds. The van der Waals surface area contributed by atoms with Crippen molar-refractivity contribution in [1.82, 2.24) is 9.97 Å². The first-order valence-corrected chi connectivity index (χ1v) is 8.39. The molecule has 3 rings (SSSR count). The first-order valence-electron chi connectivity index (χ1n) is 7.22. The van der Waals surface area contributed by atoms with E-state index in [4.69, 9.17) is 16.3 Å². The van der Waals surface area contributed by atoms with Crippen molar-refractivity contribution in [2.24, 2.45) is 0 Å². The van der Waals surface area contributed by atoms with Crippen molar-refractivity contribution in [3.8, 4) is 0 Å². The zero-order valence-electron chi connectivity index (χ0n) is 12.6.